The Hall–Kier alpha value is -2.40. The van der Waals surface area contributed by atoms with Gasteiger partial charge >= 0.3 is 0 Å². The largest absolute Gasteiger partial charge is 0.453 e. The quantitative estimate of drug-likeness (QED) is 0.456. The fourth-order valence-electron chi connectivity index (χ4n) is 2.17. The van der Waals surface area contributed by atoms with Gasteiger partial charge in [0.2, 0.25) is 0 Å². The first-order chi connectivity index (χ1) is 11.5. The number of hydrogen-bond acceptors (Lipinski definition) is 3. The molecule has 0 aliphatic heterocycles. The lowest BCUT2D eigenvalue weighted by atomic mass is 10.0. The summed E-state index contributed by atoms with van der Waals surface area (Å²) in [4.78, 5) is 4.00. The van der Waals surface area contributed by atoms with E-state index in [9.17, 15) is 0 Å². The van der Waals surface area contributed by atoms with Crippen LogP contribution in [0.1, 0.15) is 25.3 Å². The predicted molar refractivity (Wildman–Crippen MR) is 97.7 cm³/mol. The second-order valence-electron chi connectivity index (χ2n) is 5.55. The van der Waals surface area contributed by atoms with Crippen LogP contribution in [0.15, 0.2) is 53.5 Å². The molecule has 0 aromatic heterocycles. The Labute approximate surface area is 147 Å². The highest BCUT2D eigenvalue weighted by atomic mass is 35.5. The van der Waals surface area contributed by atoms with Crippen molar-refractivity contribution in [1.82, 2.24) is 0 Å². The number of halogens is 1. The summed E-state index contributed by atoms with van der Waals surface area (Å²) in [7, 11) is 0. The average molecular weight is 348 g/mol. The van der Waals surface area contributed by atoms with Crippen molar-refractivity contribution in [3.05, 3.63) is 59.1 Å². The smallest absolute Gasteiger partial charge is 0.260 e. The zero-order valence-corrected chi connectivity index (χ0v) is 14.5. The lowest BCUT2D eigenvalue weighted by Gasteiger charge is -2.22. The van der Waals surface area contributed by atoms with Crippen molar-refractivity contribution in [1.29, 1.82) is 0 Å². The summed E-state index contributed by atoms with van der Waals surface area (Å²) >= 11 is 6.15. The van der Waals surface area contributed by atoms with Crippen LogP contribution in [0.25, 0.3) is 0 Å². The molecule has 4 N–H and O–H groups in total. The third-order valence-corrected chi connectivity index (χ3v) is 3.63. The maximum atomic E-state index is 6.15. The minimum atomic E-state index is -0.702. The highest BCUT2D eigenvalue weighted by molar-refractivity contribution is 6.32. The summed E-state index contributed by atoms with van der Waals surface area (Å²) in [5.74, 6) is 1.53. The molecule has 0 bridgehead atoms. The maximum absolute atomic E-state index is 6.15. The molecule has 0 heterocycles. The van der Waals surface area contributed by atoms with Gasteiger partial charge in [0.1, 0.15) is 18.0 Å². The number of para-hydroxylation sites is 2. The Balaban J connectivity index is 2.24. The number of benzene rings is 2. The van der Waals surface area contributed by atoms with Crippen LogP contribution in [0.3, 0.4) is 0 Å². The molecule has 0 amide bonds. The van der Waals surface area contributed by atoms with E-state index in [0.717, 1.165) is 11.3 Å². The normalized spacial score (nSPS) is 11.8. The van der Waals surface area contributed by atoms with Crippen LogP contribution in [0.5, 0.6) is 11.5 Å². The second-order valence-corrected chi connectivity index (χ2v) is 5.96. The van der Waals surface area contributed by atoms with E-state index >= 15 is 0 Å². The molecule has 0 aliphatic rings. The van der Waals surface area contributed by atoms with E-state index in [1.807, 2.05) is 36.4 Å². The van der Waals surface area contributed by atoms with Gasteiger partial charge in [0.15, 0.2) is 5.96 Å². The van der Waals surface area contributed by atoms with Crippen molar-refractivity contribution >= 4 is 17.6 Å². The van der Waals surface area contributed by atoms with Crippen LogP contribution in [0.4, 0.5) is 0 Å². The molecular weight excluding hydrogens is 326 g/mol. The van der Waals surface area contributed by atoms with Crippen LogP contribution in [0, 0.1) is 0 Å². The lowest BCUT2D eigenvalue weighted by Crippen LogP contribution is -2.31. The molecule has 5 nitrogen and oxygen atoms in total. The molecule has 2 aromatic rings. The Morgan fingerprint density at radius 2 is 1.58 bits per heavy atom. The summed E-state index contributed by atoms with van der Waals surface area (Å²) < 4.78 is 11.9. The van der Waals surface area contributed by atoms with Crippen molar-refractivity contribution in [2.24, 2.45) is 16.5 Å². The maximum Gasteiger partial charge on any atom is 0.260 e. The van der Waals surface area contributed by atoms with E-state index in [1.54, 1.807) is 12.1 Å². The Bertz CT molecular complexity index is 700. The van der Waals surface area contributed by atoms with Gasteiger partial charge in [-0.25, -0.2) is 4.99 Å². The fourth-order valence-corrected chi connectivity index (χ4v) is 2.35. The molecule has 0 radical (unpaired) electrons. The highest BCUT2D eigenvalue weighted by Gasteiger charge is 2.17. The Kier molecular flexibility index (Phi) is 6.32. The van der Waals surface area contributed by atoms with E-state index in [0.29, 0.717) is 16.7 Å². The Morgan fingerprint density at radius 1 is 1.00 bits per heavy atom. The van der Waals surface area contributed by atoms with Gasteiger partial charge in [0, 0.05) is 0 Å². The SMILES string of the molecule is CC(C)c1ccccc1OC(CN=C(N)N)Oc1ccccc1Cl. The number of rotatable bonds is 7. The summed E-state index contributed by atoms with van der Waals surface area (Å²) in [6.45, 7) is 4.35. The van der Waals surface area contributed by atoms with Crippen molar-refractivity contribution in [3.63, 3.8) is 0 Å². The van der Waals surface area contributed by atoms with Gasteiger partial charge in [0.25, 0.3) is 6.29 Å². The highest BCUT2D eigenvalue weighted by Crippen LogP contribution is 2.29. The minimum Gasteiger partial charge on any atom is -0.453 e. The zero-order chi connectivity index (χ0) is 17.5. The second kappa shape index (κ2) is 8.45. The molecule has 2 rings (SSSR count). The molecule has 0 saturated carbocycles. The number of aliphatic imine (C=N–C) groups is 1. The van der Waals surface area contributed by atoms with Crippen molar-refractivity contribution < 1.29 is 9.47 Å². The first kappa shape index (κ1) is 17.9. The van der Waals surface area contributed by atoms with Gasteiger partial charge in [-0.15, -0.1) is 0 Å². The van der Waals surface area contributed by atoms with Gasteiger partial charge in [-0.05, 0) is 29.7 Å². The first-order valence-corrected chi connectivity index (χ1v) is 8.07. The van der Waals surface area contributed by atoms with Crippen LogP contribution in [0.2, 0.25) is 5.02 Å². The lowest BCUT2D eigenvalue weighted by molar-refractivity contribution is 0.0134. The summed E-state index contributed by atoms with van der Waals surface area (Å²) in [5.41, 5.74) is 11.9. The summed E-state index contributed by atoms with van der Waals surface area (Å²) in [5, 5.41) is 0.493. The van der Waals surface area contributed by atoms with Crippen LogP contribution < -0.4 is 20.9 Å². The third-order valence-electron chi connectivity index (χ3n) is 3.32. The van der Waals surface area contributed by atoms with Crippen molar-refractivity contribution in [2.75, 3.05) is 6.54 Å². The average Bonchev–Trinajstić information content (AvgIpc) is 2.55. The number of ether oxygens (including phenoxy) is 2. The molecule has 24 heavy (non-hydrogen) atoms. The fraction of sp³-hybridized carbons (Fsp3) is 0.278. The zero-order valence-electron chi connectivity index (χ0n) is 13.8. The summed E-state index contributed by atoms with van der Waals surface area (Å²) in [6.07, 6.45) is -0.702. The van der Waals surface area contributed by atoms with E-state index in [1.165, 1.54) is 0 Å². The van der Waals surface area contributed by atoms with Crippen molar-refractivity contribution in [2.45, 2.75) is 26.1 Å². The first-order valence-electron chi connectivity index (χ1n) is 7.69. The number of guanidine groups is 1. The van der Waals surface area contributed by atoms with Gasteiger partial charge < -0.3 is 20.9 Å². The molecule has 0 fully saturated rings. The van der Waals surface area contributed by atoms with Crippen LogP contribution >= 0.6 is 11.6 Å². The predicted octanol–water partition coefficient (Wildman–Crippen LogP) is 3.52. The van der Waals surface area contributed by atoms with E-state index in [-0.39, 0.29) is 12.5 Å². The van der Waals surface area contributed by atoms with Gasteiger partial charge in [0.05, 0.1) is 5.02 Å². The molecule has 0 aliphatic carbocycles. The van der Waals surface area contributed by atoms with Gasteiger partial charge in [-0.2, -0.15) is 0 Å². The number of nitrogens with two attached hydrogens (primary N) is 2. The van der Waals surface area contributed by atoms with Crippen LogP contribution in [-0.2, 0) is 0 Å². The monoisotopic (exact) mass is 347 g/mol. The van der Waals surface area contributed by atoms with Crippen molar-refractivity contribution in [3.8, 4) is 11.5 Å². The third kappa shape index (κ3) is 5.06. The molecule has 0 spiro atoms. The van der Waals surface area contributed by atoms with E-state index in [2.05, 4.69) is 18.8 Å². The topological polar surface area (TPSA) is 82.9 Å². The van der Waals surface area contributed by atoms with Crippen LogP contribution in [-0.4, -0.2) is 18.8 Å². The van der Waals surface area contributed by atoms with Gasteiger partial charge in [-0.1, -0.05) is 55.8 Å². The molecule has 2 aromatic carbocycles. The minimum absolute atomic E-state index is 0.0245. The number of hydrogen-bond donors (Lipinski definition) is 2. The standard InChI is InChI=1S/C18H22ClN3O2/c1-12(2)13-7-3-5-9-15(13)23-17(11-22-18(20)21)24-16-10-6-4-8-14(16)19/h3-10,12,17H,11H2,1-2H3,(H4,20,21,22). The molecule has 128 valence electrons. The van der Waals surface area contributed by atoms with Gasteiger partial charge in [-0.3, -0.25) is 0 Å². The van der Waals surface area contributed by atoms with E-state index < -0.39 is 6.29 Å². The molecular formula is C18H22ClN3O2. The Morgan fingerprint density at radius 3 is 2.21 bits per heavy atom. The molecule has 1 unspecified atom stereocenters. The summed E-state index contributed by atoms with van der Waals surface area (Å²) in [6, 6.07) is 15.0. The molecule has 6 heteroatoms. The number of nitrogens with zero attached hydrogens (tertiary/aromatic N) is 1. The molecule has 1 atom stereocenters. The van der Waals surface area contributed by atoms with E-state index in [4.69, 9.17) is 32.5 Å². The molecule has 0 saturated heterocycles.